The SMILES string of the molecule is CS(=O)(=O)N1CCC(CNC(=O)c2ccn(-c3ccc([N+](=O)[O-])cc3)n2)CC1. The summed E-state index contributed by atoms with van der Waals surface area (Å²) < 4.78 is 26.0. The first-order valence-electron chi connectivity index (χ1n) is 8.78. The van der Waals surface area contributed by atoms with E-state index in [9.17, 15) is 23.3 Å². The molecule has 0 radical (unpaired) electrons. The minimum atomic E-state index is -3.16. The molecule has 0 atom stereocenters. The lowest BCUT2D eigenvalue weighted by Crippen LogP contribution is -2.41. The summed E-state index contributed by atoms with van der Waals surface area (Å²) in [4.78, 5) is 22.5. The van der Waals surface area contributed by atoms with Gasteiger partial charge < -0.3 is 5.32 Å². The van der Waals surface area contributed by atoms with Crippen molar-refractivity contribution >= 4 is 21.6 Å². The second-order valence-electron chi connectivity index (χ2n) is 6.73. The van der Waals surface area contributed by atoms with Crippen LogP contribution in [-0.2, 0) is 10.0 Å². The van der Waals surface area contributed by atoms with E-state index in [1.54, 1.807) is 24.4 Å². The molecule has 0 spiro atoms. The van der Waals surface area contributed by atoms with Crippen LogP contribution in [0.1, 0.15) is 23.3 Å². The molecule has 0 saturated carbocycles. The highest BCUT2D eigenvalue weighted by Crippen LogP contribution is 2.19. The van der Waals surface area contributed by atoms with Gasteiger partial charge in [-0.3, -0.25) is 14.9 Å². The van der Waals surface area contributed by atoms with Crippen LogP contribution in [0.25, 0.3) is 5.69 Å². The normalized spacial score (nSPS) is 16.0. The third-order valence-electron chi connectivity index (χ3n) is 4.74. The summed E-state index contributed by atoms with van der Waals surface area (Å²) in [7, 11) is -3.16. The predicted octanol–water partition coefficient (Wildman–Crippen LogP) is 1.18. The van der Waals surface area contributed by atoms with Crippen molar-refractivity contribution in [3.8, 4) is 5.69 Å². The maximum absolute atomic E-state index is 12.3. The van der Waals surface area contributed by atoms with Gasteiger partial charge in [0.05, 0.1) is 16.9 Å². The smallest absolute Gasteiger partial charge is 0.271 e. The molecule has 3 rings (SSSR count). The summed E-state index contributed by atoms with van der Waals surface area (Å²) in [5.41, 5.74) is 0.834. The summed E-state index contributed by atoms with van der Waals surface area (Å²) in [6, 6.07) is 7.44. The fraction of sp³-hybridized carbons (Fsp3) is 0.412. The topological polar surface area (TPSA) is 127 Å². The van der Waals surface area contributed by atoms with Crippen molar-refractivity contribution in [2.24, 2.45) is 5.92 Å². The average molecular weight is 407 g/mol. The largest absolute Gasteiger partial charge is 0.350 e. The minimum absolute atomic E-state index is 0.0178. The van der Waals surface area contributed by atoms with Gasteiger partial charge in [0.25, 0.3) is 11.6 Å². The van der Waals surface area contributed by atoms with Gasteiger partial charge in [-0.25, -0.2) is 17.4 Å². The van der Waals surface area contributed by atoms with Gasteiger partial charge in [-0.2, -0.15) is 5.10 Å². The third kappa shape index (κ3) is 4.73. The second-order valence-corrected chi connectivity index (χ2v) is 8.72. The fourth-order valence-electron chi connectivity index (χ4n) is 3.09. The molecule has 1 aromatic carbocycles. The van der Waals surface area contributed by atoms with Crippen LogP contribution < -0.4 is 5.32 Å². The Bertz CT molecular complexity index is 962. The van der Waals surface area contributed by atoms with Crippen molar-refractivity contribution in [1.29, 1.82) is 0 Å². The van der Waals surface area contributed by atoms with Crippen LogP contribution in [0.5, 0.6) is 0 Å². The van der Waals surface area contributed by atoms with Gasteiger partial charge in [0, 0.05) is 38.0 Å². The van der Waals surface area contributed by atoms with Gasteiger partial charge in [0.1, 0.15) is 0 Å². The van der Waals surface area contributed by atoms with Gasteiger partial charge in [0.15, 0.2) is 5.69 Å². The summed E-state index contributed by atoms with van der Waals surface area (Å²) in [5.74, 6) is -0.0927. The Kier molecular flexibility index (Phi) is 5.75. The summed E-state index contributed by atoms with van der Waals surface area (Å²) >= 11 is 0. The van der Waals surface area contributed by atoms with Crippen LogP contribution in [0, 0.1) is 16.0 Å². The van der Waals surface area contributed by atoms with Crippen molar-refractivity contribution in [3.05, 3.63) is 52.3 Å². The van der Waals surface area contributed by atoms with E-state index in [2.05, 4.69) is 10.4 Å². The van der Waals surface area contributed by atoms with Gasteiger partial charge in [-0.1, -0.05) is 0 Å². The van der Waals surface area contributed by atoms with Crippen LogP contribution >= 0.6 is 0 Å². The number of hydrogen-bond acceptors (Lipinski definition) is 6. The van der Waals surface area contributed by atoms with Gasteiger partial charge in [-0.05, 0) is 37.0 Å². The minimum Gasteiger partial charge on any atom is -0.350 e. The van der Waals surface area contributed by atoms with Crippen LogP contribution in [0.3, 0.4) is 0 Å². The van der Waals surface area contributed by atoms with Crippen LogP contribution in [-0.4, -0.2) is 59.2 Å². The molecule has 28 heavy (non-hydrogen) atoms. The lowest BCUT2D eigenvalue weighted by atomic mass is 9.98. The monoisotopic (exact) mass is 407 g/mol. The van der Waals surface area contributed by atoms with E-state index in [0.29, 0.717) is 38.2 Å². The van der Waals surface area contributed by atoms with Crippen LogP contribution in [0.4, 0.5) is 5.69 Å². The third-order valence-corrected chi connectivity index (χ3v) is 6.04. The van der Waals surface area contributed by atoms with Crippen LogP contribution in [0.2, 0.25) is 0 Å². The molecular weight excluding hydrogens is 386 g/mol. The van der Waals surface area contributed by atoms with Gasteiger partial charge in [0.2, 0.25) is 10.0 Å². The zero-order chi connectivity index (χ0) is 20.3. The number of sulfonamides is 1. The number of nitro groups is 1. The molecule has 1 fully saturated rings. The quantitative estimate of drug-likeness (QED) is 0.566. The maximum atomic E-state index is 12.3. The number of nitrogens with one attached hydrogen (secondary N) is 1. The molecule has 1 saturated heterocycles. The van der Waals surface area contributed by atoms with Gasteiger partial charge >= 0.3 is 0 Å². The van der Waals surface area contributed by atoms with Crippen molar-refractivity contribution in [2.45, 2.75) is 12.8 Å². The summed E-state index contributed by atoms with van der Waals surface area (Å²) in [6.07, 6.45) is 4.21. The summed E-state index contributed by atoms with van der Waals surface area (Å²) in [6.45, 7) is 1.39. The number of rotatable bonds is 6. The number of aromatic nitrogens is 2. The molecule has 2 heterocycles. The highest BCUT2D eigenvalue weighted by Gasteiger charge is 2.25. The Morgan fingerprint density at radius 3 is 2.46 bits per heavy atom. The number of nitro benzene ring substituents is 1. The van der Waals surface area contributed by atoms with Crippen molar-refractivity contribution < 1.29 is 18.1 Å². The first kappa shape index (κ1) is 20.0. The van der Waals surface area contributed by atoms with Crippen LogP contribution in [0.15, 0.2) is 36.5 Å². The Labute approximate surface area is 162 Å². The number of hydrogen-bond donors (Lipinski definition) is 1. The molecular formula is C17H21N5O5S. The van der Waals surface area contributed by atoms with Crippen molar-refractivity contribution in [3.63, 3.8) is 0 Å². The fourth-order valence-corrected chi connectivity index (χ4v) is 3.96. The van der Waals surface area contributed by atoms with E-state index in [1.807, 2.05) is 0 Å². The number of nitrogens with zero attached hydrogens (tertiary/aromatic N) is 4. The zero-order valence-electron chi connectivity index (χ0n) is 15.3. The number of non-ortho nitro benzene ring substituents is 1. The lowest BCUT2D eigenvalue weighted by molar-refractivity contribution is -0.384. The number of benzene rings is 1. The molecule has 0 aliphatic carbocycles. The average Bonchev–Trinajstić information content (AvgIpc) is 3.16. The van der Waals surface area contributed by atoms with E-state index in [1.165, 1.54) is 27.4 Å². The molecule has 1 amide bonds. The number of carbonyl (C=O) groups excluding carboxylic acids is 1. The second kappa shape index (κ2) is 8.07. The molecule has 150 valence electrons. The molecule has 1 aromatic heterocycles. The Morgan fingerprint density at radius 1 is 1.25 bits per heavy atom. The molecule has 1 N–H and O–H groups in total. The van der Waals surface area contributed by atoms with E-state index < -0.39 is 14.9 Å². The standard InChI is InChI=1S/C17H21N5O5S/c1-28(26,27)20-9-6-13(7-10-20)12-18-17(23)16-8-11-21(19-16)14-2-4-15(5-3-14)22(24)25/h2-5,8,11,13H,6-7,9-10,12H2,1H3,(H,18,23). The lowest BCUT2D eigenvalue weighted by Gasteiger charge is -2.30. The highest BCUT2D eigenvalue weighted by molar-refractivity contribution is 7.88. The Balaban J connectivity index is 1.54. The molecule has 11 heteroatoms. The Hall–Kier alpha value is -2.79. The molecule has 1 aliphatic rings. The molecule has 1 aliphatic heterocycles. The molecule has 0 unspecified atom stereocenters. The first-order valence-corrected chi connectivity index (χ1v) is 10.6. The van der Waals surface area contributed by atoms with Crippen molar-refractivity contribution in [1.82, 2.24) is 19.4 Å². The first-order chi connectivity index (χ1) is 13.2. The predicted molar refractivity (Wildman–Crippen MR) is 102 cm³/mol. The molecule has 0 bridgehead atoms. The Morgan fingerprint density at radius 2 is 1.89 bits per heavy atom. The van der Waals surface area contributed by atoms with Gasteiger partial charge in [-0.15, -0.1) is 0 Å². The number of amides is 1. The highest BCUT2D eigenvalue weighted by atomic mass is 32.2. The van der Waals surface area contributed by atoms with Crippen molar-refractivity contribution in [2.75, 3.05) is 25.9 Å². The molecule has 10 nitrogen and oxygen atoms in total. The van der Waals surface area contributed by atoms with E-state index in [0.717, 1.165) is 0 Å². The number of piperidine rings is 1. The van der Waals surface area contributed by atoms with E-state index in [4.69, 9.17) is 0 Å². The number of carbonyl (C=O) groups is 1. The molecule has 2 aromatic rings. The van der Waals surface area contributed by atoms with E-state index in [-0.39, 0.29) is 23.2 Å². The zero-order valence-corrected chi connectivity index (χ0v) is 16.1. The summed E-state index contributed by atoms with van der Waals surface area (Å²) in [5, 5.41) is 17.8. The van der Waals surface area contributed by atoms with E-state index >= 15 is 0 Å². The maximum Gasteiger partial charge on any atom is 0.271 e.